The van der Waals surface area contributed by atoms with E-state index in [1.54, 1.807) is 0 Å². The molecule has 0 aliphatic rings. The average molecular weight is 311 g/mol. The predicted molar refractivity (Wildman–Crippen MR) is 99.7 cm³/mol. The SMILES string of the molecule is Cc1ccc(-c2cn(-c3ccccc3)c3ccccc3c2=O)cc1. The molecule has 0 bridgehead atoms. The summed E-state index contributed by atoms with van der Waals surface area (Å²) >= 11 is 0. The zero-order valence-electron chi connectivity index (χ0n) is 13.4. The highest BCUT2D eigenvalue weighted by molar-refractivity contribution is 5.85. The van der Waals surface area contributed by atoms with E-state index in [4.69, 9.17) is 0 Å². The molecule has 1 heterocycles. The Hall–Kier alpha value is -3.13. The Kier molecular flexibility index (Phi) is 3.51. The Labute approximate surface area is 140 Å². The van der Waals surface area contributed by atoms with Gasteiger partial charge in [-0.3, -0.25) is 4.79 Å². The fourth-order valence-corrected chi connectivity index (χ4v) is 3.02. The number of para-hydroxylation sites is 2. The van der Waals surface area contributed by atoms with Crippen molar-refractivity contribution in [3.8, 4) is 16.8 Å². The van der Waals surface area contributed by atoms with Gasteiger partial charge in [0, 0.05) is 22.8 Å². The minimum atomic E-state index is 0.0710. The summed E-state index contributed by atoms with van der Waals surface area (Å²) in [6.45, 7) is 2.05. The molecule has 0 radical (unpaired) electrons. The van der Waals surface area contributed by atoms with E-state index in [2.05, 4.69) is 16.7 Å². The summed E-state index contributed by atoms with van der Waals surface area (Å²) in [5.74, 6) is 0. The van der Waals surface area contributed by atoms with Crippen molar-refractivity contribution >= 4 is 10.9 Å². The highest BCUT2D eigenvalue weighted by Crippen LogP contribution is 2.23. The van der Waals surface area contributed by atoms with E-state index >= 15 is 0 Å². The van der Waals surface area contributed by atoms with Crippen molar-refractivity contribution in [1.29, 1.82) is 0 Å². The van der Waals surface area contributed by atoms with Gasteiger partial charge < -0.3 is 4.57 Å². The second kappa shape index (κ2) is 5.82. The van der Waals surface area contributed by atoms with Crippen LogP contribution in [0.5, 0.6) is 0 Å². The molecule has 24 heavy (non-hydrogen) atoms. The Balaban J connectivity index is 2.07. The average Bonchev–Trinajstić information content (AvgIpc) is 2.64. The van der Waals surface area contributed by atoms with E-state index in [1.807, 2.05) is 79.9 Å². The van der Waals surface area contributed by atoms with E-state index < -0.39 is 0 Å². The predicted octanol–water partition coefficient (Wildman–Crippen LogP) is 4.97. The van der Waals surface area contributed by atoms with Gasteiger partial charge in [-0.15, -0.1) is 0 Å². The summed E-state index contributed by atoms with van der Waals surface area (Å²) < 4.78 is 2.09. The molecule has 2 heteroatoms. The maximum Gasteiger partial charge on any atom is 0.197 e. The van der Waals surface area contributed by atoms with Gasteiger partial charge >= 0.3 is 0 Å². The van der Waals surface area contributed by atoms with Crippen LogP contribution in [-0.4, -0.2) is 4.57 Å². The molecule has 0 fully saturated rings. The standard InChI is InChI=1S/C22H17NO/c1-16-11-13-17(14-12-16)20-15-23(18-7-3-2-4-8-18)21-10-6-5-9-19(21)22(20)24/h2-15H,1H3. The fourth-order valence-electron chi connectivity index (χ4n) is 3.02. The number of nitrogens with zero attached hydrogens (tertiary/aromatic N) is 1. The van der Waals surface area contributed by atoms with Gasteiger partial charge in [-0.25, -0.2) is 0 Å². The Morgan fingerprint density at radius 1 is 0.750 bits per heavy atom. The lowest BCUT2D eigenvalue weighted by molar-refractivity contribution is 1.10. The maximum atomic E-state index is 13.0. The van der Waals surface area contributed by atoms with Crippen molar-refractivity contribution < 1.29 is 0 Å². The van der Waals surface area contributed by atoms with Crippen molar-refractivity contribution in [2.24, 2.45) is 0 Å². The second-order valence-electron chi connectivity index (χ2n) is 5.96. The largest absolute Gasteiger partial charge is 0.316 e. The van der Waals surface area contributed by atoms with Crippen LogP contribution < -0.4 is 5.43 Å². The number of benzene rings is 3. The van der Waals surface area contributed by atoms with Crippen LogP contribution in [0.4, 0.5) is 0 Å². The van der Waals surface area contributed by atoms with Crippen molar-refractivity contribution in [1.82, 2.24) is 4.57 Å². The first kappa shape index (κ1) is 14.5. The molecule has 0 unspecified atom stereocenters. The van der Waals surface area contributed by atoms with E-state index in [1.165, 1.54) is 5.56 Å². The number of pyridine rings is 1. The van der Waals surface area contributed by atoms with Gasteiger partial charge in [0.05, 0.1) is 5.52 Å². The summed E-state index contributed by atoms with van der Waals surface area (Å²) in [4.78, 5) is 13.0. The smallest absolute Gasteiger partial charge is 0.197 e. The lowest BCUT2D eigenvalue weighted by Crippen LogP contribution is -2.11. The highest BCUT2D eigenvalue weighted by Gasteiger charge is 2.11. The van der Waals surface area contributed by atoms with Crippen LogP contribution in [0.2, 0.25) is 0 Å². The first-order valence-electron chi connectivity index (χ1n) is 8.01. The molecule has 0 spiro atoms. The van der Waals surface area contributed by atoms with Crippen LogP contribution in [0.3, 0.4) is 0 Å². The molecule has 0 aliphatic carbocycles. The van der Waals surface area contributed by atoms with Crippen molar-refractivity contribution in [2.45, 2.75) is 6.92 Å². The molecular formula is C22H17NO. The topological polar surface area (TPSA) is 22.0 Å². The molecule has 1 aromatic heterocycles. The van der Waals surface area contributed by atoms with Crippen molar-refractivity contribution in [3.05, 3.63) is 101 Å². The number of rotatable bonds is 2. The lowest BCUT2D eigenvalue weighted by atomic mass is 10.0. The molecule has 0 saturated carbocycles. The van der Waals surface area contributed by atoms with E-state index in [0.29, 0.717) is 0 Å². The van der Waals surface area contributed by atoms with E-state index in [0.717, 1.165) is 27.7 Å². The van der Waals surface area contributed by atoms with Crippen LogP contribution >= 0.6 is 0 Å². The van der Waals surface area contributed by atoms with Gasteiger partial charge in [0.2, 0.25) is 0 Å². The number of aromatic nitrogens is 1. The molecule has 116 valence electrons. The van der Waals surface area contributed by atoms with Gasteiger partial charge in [0.25, 0.3) is 0 Å². The first-order valence-corrected chi connectivity index (χ1v) is 8.01. The Bertz CT molecular complexity index is 1060. The van der Waals surface area contributed by atoms with Crippen LogP contribution in [0, 0.1) is 6.92 Å². The van der Waals surface area contributed by atoms with Crippen LogP contribution in [0.15, 0.2) is 89.9 Å². The molecule has 4 aromatic rings. The molecule has 3 aromatic carbocycles. The Morgan fingerprint density at radius 2 is 1.42 bits per heavy atom. The van der Waals surface area contributed by atoms with Gasteiger partial charge in [0.15, 0.2) is 5.43 Å². The van der Waals surface area contributed by atoms with E-state index in [-0.39, 0.29) is 5.43 Å². The normalized spacial score (nSPS) is 10.9. The summed E-state index contributed by atoms with van der Waals surface area (Å²) in [6.07, 6.45) is 1.95. The molecule has 0 aliphatic heterocycles. The molecule has 0 amide bonds. The quantitative estimate of drug-likeness (QED) is 0.512. The molecule has 0 N–H and O–H groups in total. The molecule has 4 rings (SSSR count). The number of hydrogen-bond acceptors (Lipinski definition) is 1. The van der Waals surface area contributed by atoms with Crippen LogP contribution in [0.25, 0.3) is 27.7 Å². The minimum absolute atomic E-state index is 0.0710. The Morgan fingerprint density at radius 3 is 2.17 bits per heavy atom. The van der Waals surface area contributed by atoms with Crippen LogP contribution in [0.1, 0.15) is 5.56 Å². The summed E-state index contributed by atoms with van der Waals surface area (Å²) in [6, 6.07) is 26.0. The first-order chi connectivity index (χ1) is 11.7. The van der Waals surface area contributed by atoms with Gasteiger partial charge in [-0.05, 0) is 36.8 Å². The van der Waals surface area contributed by atoms with Gasteiger partial charge in [-0.2, -0.15) is 0 Å². The molecular weight excluding hydrogens is 294 g/mol. The third-order valence-corrected chi connectivity index (χ3v) is 4.31. The zero-order chi connectivity index (χ0) is 16.5. The van der Waals surface area contributed by atoms with Crippen LogP contribution in [-0.2, 0) is 0 Å². The summed E-state index contributed by atoms with van der Waals surface area (Å²) in [7, 11) is 0. The molecule has 0 atom stereocenters. The minimum Gasteiger partial charge on any atom is -0.316 e. The van der Waals surface area contributed by atoms with Crippen molar-refractivity contribution in [3.63, 3.8) is 0 Å². The summed E-state index contributed by atoms with van der Waals surface area (Å²) in [5.41, 5.74) is 4.88. The third-order valence-electron chi connectivity index (χ3n) is 4.31. The van der Waals surface area contributed by atoms with Crippen molar-refractivity contribution in [2.75, 3.05) is 0 Å². The highest BCUT2D eigenvalue weighted by atomic mass is 16.1. The molecule has 0 saturated heterocycles. The maximum absolute atomic E-state index is 13.0. The zero-order valence-corrected chi connectivity index (χ0v) is 13.4. The second-order valence-corrected chi connectivity index (χ2v) is 5.96. The number of hydrogen-bond donors (Lipinski definition) is 0. The lowest BCUT2D eigenvalue weighted by Gasteiger charge is -2.14. The monoisotopic (exact) mass is 311 g/mol. The van der Waals surface area contributed by atoms with E-state index in [9.17, 15) is 4.79 Å². The molecule has 2 nitrogen and oxygen atoms in total. The fraction of sp³-hybridized carbons (Fsp3) is 0.0455. The summed E-state index contributed by atoms with van der Waals surface area (Å²) in [5, 5.41) is 0.736. The number of aryl methyl sites for hydroxylation is 1. The van der Waals surface area contributed by atoms with Gasteiger partial charge in [0.1, 0.15) is 0 Å². The number of fused-ring (bicyclic) bond motifs is 1. The van der Waals surface area contributed by atoms with Gasteiger partial charge in [-0.1, -0.05) is 60.2 Å². The third kappa shape index (κ3) is 2.42.